The summed E-state index contributed by atoms with van der Waals surface area (Å²) in [6, 6.07) is 17.2. The van der Waals surface area contributed by atoms with Crippen molar-refractivity contribution >= 4 is 29.2 Å². The van der Waals surface area contributed by atoms with Crippen LogP contribution in [0.1, 0.15) is 30.8 Å². The largest absolute Gasteiger partial charge is 0.505 e. The molecule has 0 atom stereocenters. The van der Waals surface area contributed by atoms with Gasteiger partial charge in [0, 0.05) is 17.6 Å². The number of nitrogens with zero attached hydrogens (tertiary/aromatic N) is 2. The summed E-state index contributed by atoms with van der Waals surface area (Å²) < 4.78 is 1.82. The number of para-hydroxylation sites is 2. The van der Waals surface area contributed by atoms with Crippen molar-refractivity contribution in [2.75, 3.05) is 26.2 Å². The van der Waals surface area contributed by atoms with Gasteiger partial charge in [0.1, 0.15) is 0 Å². The molecule has 0 radical (unpaired) electrons. The van der Waals surface area contributed by atoms with Crippen molar-refractivity contribution in [1.82, 2.24) is 14.8 Å². The Morgan fingerprint density at radius 3 is 2.36 bits per heavy atom. The third-order valence-electron chi connectivity index (χ3n) is 4.91. The maximum absolute atomic E-state index is 12.9. The Bertz CT molecular complexity index is 905. The molecule has 1 aromatic heterocycles. The summed E-state index contributed by atoms with van der Waals surface area (Å²) in [6.45, 7) is 7.81. The normalized spacial score (nSPS) is 10.8. The van der Waals surface area contributed by atoms with E-state index in [0.717, 1.165) is 37.3 Å². The molecule has 3 rings (SSSR count). The molecule has 0 saturated carbocycles. The lowest BCUT2D eigenvalue weighted by atomic mass is 10.2. The summed E-state index contributed by atoms with van der Waals surface area (Å²) in [6.07, 6.45) is 0.875. The lowest BCUT2D eigenvalue weighted by Gasteiger charge is -2.18. The average Bonchev–Trinajstić information content (AvgIpc) is 3.01. The molecule has 5 nitrogen and oxygen atoms in total. The van der Waals surface area contributed by atoms with Gasteiger partial charge in [-0.1, -0.05) is 44.2 Å². The van der Waals surface area contributed by atoms with Gasteiger partial charge in [0.05, 0.1) is 5.52 Å². The first-order valence-corrected chi connectivity index (χ1v) is 9.55. The molecular weight excluding hydrogens is 374 g/mol. The molecular formula is C22H28ClN3O2. The van der Waals surface area contributed by atoms with E-state index in [1.54, 1.807) is 0 Å². The molecule has 0 unspecified atom stereocenters. The van der Waals surface area contributed by atoms with Gasteiger partial charge < -0.3 is 19.9 Å². The summed E-state index contributed by atoms with van der Waals surface area (Å²) in [7, 11) is 0. The van der Waals surface area contributed by atoms with Gasteiger partial charge in [0.25, 0.3) is 5.91 Å². The molecule has 1 heterocycles. The topological polar surface area (TPSA) is 57.5 Å². The molecule has 0 fully saturated rings. The summed E-state index contributed by atoms with van der Waals surface area (Å²) in [5.41, 5.74) is 1.95. The van der Waals surface area contributed by atoms with Gasteiger partial charge in [-0.25, -0.2) is 0 Å². The Kier molecular flexibility index (Phi) is 7.91. The minimum atomic E-state index is -0.257. The van der Waals surface area contributed by atoms with Crippen LogP contribution in [0.15, 0.2) is 54.6 Å². The average molecular weight is 402 g/mol. The molecule has 1 amide bonds. The van der Waals surface area contributed by atoms with Gasteiger partial charge in [-0.2, -0.15) is 0 Å². The maximum Gasteiger partial charge on any atom is 0.272 e. The van der Waals surface area contributed by atoms with E-state index in [1.165, 1.54) is 0 Å². The molecule has 3 aromatic rings. The number of hydrogen-bond acceptors (Lipinski definition) is 3. The third kappa shape index (κ3) is 4.49. The van der Waals surface area contributed by atoms with Crippen molar-refractivity contribution in [3.63, 3.8) is 0 Å². The van der Waals surface area contributed by atoms with Crippen LogP contribution in [0.3, 0.4) is 0 Å². The number of nitrogens with one attached hydrogen (secondary N) is 1. The quantitative estimate of drug-likeness (QED) is 0.555. The number of benzene rings is 2. The summed E-state index contributed by atoms with van der Waals surface area (Å²) in [5.74, 6) is -0.234. The fraction of sp³-hybridized carbons (Fsp3) is 0.318. The fourth-order valence-corrected chi connectivity index (χ4v) is 3.41. The monoisotopic (exact) mass is 401 g/mol. The van der Waals surface area contributed by atoms with Gasteiger partial charge in [-0.15, -0.1) is 12.4 Å². The van der Waals surface area contributed by atoms with E-state index in [9.17, 15) is 9.90 Å². The van der Waals surface area contributed by atoms with E-state index < -0.39 is 0 Å². The van der Waals surface area contributed by atoms with Crippen molar-refractivity contribution in [2.45, 2.75) is 20.3 Å². The van der Waals surface area contributed by atoms with Gasteiger partial charge in [-0.3, -0.25) is 4.79 Å². The minimum Gasteiger partial charge on any atom is -0.505 e. The number of hydrogen-bond donors (Lipinski definition) is 2. The highest BCUT2D eigenvalue weighted by molar-refractivity contribution is 6.05. The number of carbonyl (C=O) groups is 1. The zero-order valence-electron chi connectivity index (χ0n) is 16.4. The number of fused-ring (bicyclic) bond motifs is 1. The first-order chi connectivity index (χ1) is 13.2. The number of aromatic nitrogens is 1. The third-order valence-corrected chi connectivity index (χ3v) is 4.91. The van der Waals surface area contributed by atoms with E-state index >= 15 is 0 Å². The van der Waals surface area contributed by atoms with Gasteiger partial charge >= 0.3 is 0 Å². The van der Waals surface area contributed by atoms with Gasteiger partial charge in [-0.05, 0) is 50.3 Å². The summed E-state index contributed by atoms with van der Waals surface area (Å²) in [5, 5.41) is 14.4. The van der Waals surface area contributed by atoms with Crippen LogP contribution < -0.4 is 5.32 Å². The standard InChI is InChI=1S/C22H27N3O2.ClH/c1-3-24(4-2)16-10-15-23-22(27)20-21(26)18-13-8-9-14-19(18)25(20)17-11-6-5-7-12-17;/h5-9,11-14,26H,3-4,10,15-16H2,1-2H3,(H,23,27);1H. The Labute approximate surface area is 172 Å². The Morgan fingerprint density at radius 2 is 1.68 bits per heavy atom. The predicted octanol–water partition coefficient (Wildman–Crippen LogP) is 4.22. The first kappa shape index (κ1) is 21.8. The molecule has 150 valence electrons. The van der Waals surface area contributed by atoms with Crippen LogP contribution in [0.2, 0.25) is 0 Å². The highest BCUT2D eigenvalue weighted by Gasteiger charge is 2.23. The molecule has 0 aliphatic carbocycles. The highest BCUT2D eigenvalue weighted by atomic mass is 35.5. The van der Waals surface area contributed by atoms with Crippen LogP contribution in [0, 0.1) is 0 Å². The molecule has 2 N–H and O–H groups in total. The van der Waals surface area contributed by atoms with Crippen LogP contribution in [-0.2, 0) is 0 Å². The second-order valence-corrected chi connectivity index (χ2v) is 6.52. The van der Waals surface area contributed by atoms with Crippen molar-refractivity contribution < 1.29 is 9.90 Å². The van der Waals surface area contributed by atoms with E-state index in [1.807, 2.05) is 59.2 Å². The second-order valence-electron chi connectivity index (χ2n) is 6.52. The lowest BCUT2D eigenvalue weighted by molar-refractivity contribution is 0.0942. The van der Waals surface area contributed by atoms with Crippen molar-refractivity contribution in [2.24, 2.45) is 0 Å². The van der Waals surface area contributed by atoms with Crippen molar-refractivity contribution in [3.05, 3.63) is 60.3 Å². The van der Waals surface area contributed by atoms with E-state index in [-0.39, 0.29) is 29.8 Å². The molecule has 2 aromatic carbocycles. The minimum absolute atomic E-state index is 0. The Balaban J connectivity index is 0.00000280. The molecule has 0 spiro atoms. The van der Waals surface area contributed by atoms with E-state index in [2.05, 4.69) is 24.1 Å². The van der Waals surface area contributed by atoms with Gasteiger partial charge in [0.15, 0.2) is 11.4 Å². The van der Waals surface area contributed by atoms with Crippen LogP contribution in [-0.4, -0.2) is 46.7 Å². The fourth-order valence-electron chi connectivity index (χ4n) is 3.41. The molecule has 6 heteroatoms. The predicted molar refractivity (Wildman–Crippen MR) is 117 cm³/mol. The number of halogens is 1. The molecule has 0 aliphatic heterocycles. The maximum atomic E-state index is 12.9. The SMILES string of the molecule is CCN(CC)CCCNC(=O)c1c(O)c2ccccc2n1-c1ccccc1.Cl. The van der Waals surface area contributed by atoms with Crippen LogP contribution in [0.5, 0.6) is 5.75 Å². The van der Waals surface area contributed by atoms with Crippen LogP contribution >= 0.6 is 12.4 Å². The van der Waals surface area contributed by atoms with Crippen molar-refractivity contribution in [3.8, 4) is 11.4 Å². The zero-order valence-corrected chi connectivity index (χ0v) is 17.2. The molecule has 0 aliphatic rings. The molecule has 0 bridgehead atoms. The summed E-state index contributed by atoms with van der Waals surface area (Å²) >= 11 is 0. The number of amides is 1. The van der Waals surface area contributed by atoms with Crippen LogP contribution in [0.4, 0.5) is 0 Å². The smallest absolute Gasteiger partial charge is 0.272 e. The zero-order chi connectivity index (χ0) is 19.2. The second kappa shape index (κ2) is 10.2. The number of carbonyl (C=O) groups excluding carboxylic acids is 1. The van der Waals surface area contributed by atoms with Gasteiger partial charge in [0.2, 0.25) is 0 Å². The van der Waals surface area contributed by atoms with Crippen molar-refractivity contribution in [1.29, 1.82) is 0 Å². The van der Waals surface area contributed by atoms with Crippen LogP contribution in [0.25, 0.3) is 16.6 Å². The molecule has 0 saturated heterocycles. The first-order valence-electron chi connectivity index (χ1n) is 9.55. The summed E-state index contributed by atoms with van der Waals surface area (Å²) in [4.78, 5) is 15.2. The Hall–Kier alpha value is -2.50. The lowest BCUT2D eigenvalue weighted by Crippen LogP contribution is -2.30. The Morgan fingerprint density at radius 1 is 1.04 bits per heavy atom. The highest BCUT2D eigenvalue weighted by Crippen LogP contribution is 2.34. The molecule has 28 heavy (non-hydrogen) atoms. The van der Waals surface area contributed by atoms with E-state index in [4.69, 9.17) is 0 Å². The van der Waals surface area contributed by atoms with E-state index in [0.29, 0.717) is 11.9 Å². The number of aromatic hydroxyl groups is 1. The number of rotatable bonds is 8.